The molecule has 2 aromatic heterocycles. The van der Waals surface area contributed by atoms with Gasteiger partial charge in [0, 0.05) is 22.3 Å². The Morgan fingerprint density at radius 2 is 1.48 bits per heavy atom. The molecule has 0 aliphatic rings. The number of halogens is 1. The molecule has 0 atom stereocenters. The van der Waals surface area contributed by atoms with Crippen molar-refractivity contribution in [3.05, 3.63) is 126 Å². The summed E-state index contributed by atoms with van der Waals surface area (Å²) in [5, 5.41) is 0.655. The third-order valence-electron chi connectivity index (χ3n) is 5.15. The highest BCUT2D eigenvalue weighted by Crippen LogP contribution is 2.33. The van der Waals surface area contributed by atoms with Crippen LogP contribution in [0.4, 0.5) is 0 Å². The van der Waals surface area contributed by atoms with Crippen LogP contribution >= 0.6 is 11.6 Å². The third-order valence-corrected chi connectivity index (χ3v) is 5.40. The van der Waals surface area contributed by atoms with Crippen molar-refractivity contribution in [1.29, 1.82) is 0 Å². The highest BCUT2D eigenvalue weighted by atomic mass is 35.5. The molecule has 0 bridgehead atoms. The van der Waals surface area contributed by atoms with Crippen molar-refractivity contribution in [2.45, 2.75) is 0 Å². The van der Waals surface area contributed by atoms with E-state index in [1.54, 1.807) is 6.07 Å². The van der Waals surface area contributed by atoms with E-state index in [9.17, 15) is 4.79 Å². The van der Waals surface area contributed by atoms with Crippen LogP contribution in [-0.4, -0.2) is 10.2 Å². The molecule has 0 unspecified atom stereocenters. The standard InChI is InChI=1S/C27H18ClNO2/c28-20-15-13-19(14-16-20)24-18-21-8-6-7-17-29(21)26(24)27(30)23-11-4-5-12-25(23)31-22-9-2-1-3-10-22/h1-18H. The van der Waals surface area contributed by atoms with E-state index in [0.29, 0.717) is 27.8 Å². The first kappa shape index (κ1) is 19.2. The van der Waals surface area contributed by atoms with Crippen molar-refractivity contribution in [2.75, 3.05) is 0 Å². The second kappa shape index (κ2) is 8.13. The van der Waals surface area contributed by atoms with Crippen LogP contribution in [0.3, 0.4) is 0 Å². The van der Waals surface area contributed by atoms with E-state index in [4.69, 9.17) is 16.3 Å². The van der Waals surface area contributed by atoms with Gasteiger partial charge in [0.05, 0.1) is 5.56 Å². The second-order valence-corrected chi connectivity index (χ2v) is 7.59. The summed E-state index contributed by atoms with van der Waals surface area (Å²) in [6.45, 7) is 0. The van der Waals surface area contributed by atoms with Gasteiger partial charge in [-0.05, 0) is 60.2 Å². The smallest absolute Gasteiger partial charge is 0.214 e. The molecule has 4 heteroatoms. The summed E-state index contributed by atoms with van der Waals surface area (Å²) in [6.07, 6.45) is 1.91. The molecular formula is C27H18ClNO2. The van der Waals surface area contributed by atoms with Gasteiger partial charge in [-0.3, -0.25) is 4.79 Å². The number of nitrogens with zero attached hydrogens (tertiary/aromatic N) is 1. The maximum atomic E-state index is 13.9. The van der Waals surface area contributed by atoms with Crippen LogP contribution in [0.25, 0.3) is 16.6 Å². The molecule has 0 saturated heterocycles. The second-order valence-electron chi connectivity index (χ2n) is 7.15. The van der Waals surface area contributed by atoms with Crippen molar-refractivity contribution in [3.63, 3.8) is 0 Å². The molecule has 0 N–H and O–H groups in total. The van der Waals surface area contributed by atoms with E-state index in [0.717, 1.165) is 16.6 Å². The largest absolute Gasteiger partial charge is 0.457 e. The number of benzene rings is 3. The molecule has 31 heavy (non-hydrogen) atoms. The molecule has 0 amide bonds. The summed E-state index contributed by atoms with van der Waals surface area (Å²) in [5.41, 5.74) is 3.81. The Labute approximate surface area is 185 Å². The molecule has 0 radical (unpaired) electrons. The lowest BCUT2D eigenvalue weighted by molar-refractivity contribution is 0.103. The molecule has 0 fully saturated rings. The molecule has 3 aromatic carbocycles. The van der Waals surface area contributed by atoms with Gasteiger partial charge >= 0.3 is 0 Å². The Hall–Kier alpha value is -3.82. The van der Waals surface area contributed by atoms with E-state index >= 15 is 0 Å². The van der Waals surface area contributed by atoms with Gasteiger partial charge in [0.25, 0.3) is 0 Å². The zero-order valence-corrected chi connectivity index (χ0v) is 17.3. The minimum atomic E-state index is -0.109. The van der Waals surface area contributed by atoms with Crippen LogP contribution in [0.1, 0.15) is 16.1 Å². The number of rotatable bonds is 5. The molecule has 0 saturated carbocycles. The van der Waals surface area contributed by atoms with E-state index in [1.165, 1.54) is 0 Å². The number of carbonyl (C=O) groups is 1. The number of carbonyl (C=O) groups excluding carboxylic acids is 1. The maximum absolute atomic E-state index is 13.9. The fourth-order valence-corrected chi connectivity index (χ4v) is 3.82. The van der Waals surface area contributed by atoms with E-state index in [-0.39, 0.29) is 5.78 Å². The molecule has 5 aromatic rings. The number of ketones is 1. The van der Waals surface area contributed by atoms with Gasteiger partial charge in [0.15, 0.2) is 0 Å². The predicted octanol–water partition coefficient (Wildman–Crippen LogP) is 7.28. The highest BCUT2D eigenvalue weighted by Gasteiger charge is 2.23. The minimum absolute atomic E-state index is 0.109. The van der Waals surface area contributed by atoms with Gasteiger partial charge in [-0.15, -0.1) is 0 Å². The van der Waals surface area contributed by atoms with Crippen molar-refractivity contribution >= 4 is 22.9 Å². The van der Waals surface area contributed by atoms with Crippen molar-refractivity contribution in [1.82, 2.24) is 4.40 Å². The number of pyridine rings is 1. The Balaban J connectivity index is 1.66. The average molecular weight is 424 g/mol. The SMILES string of the molecule is O=C(c1ccccc1Oc1ccccc1)c1c(-c2ccc(Cl)cc2)cc2ccccn12. The monoisotopic (exact) mass is 423 g/mol. The lowest BCUT2D eigenvalue weighted by atomic mass is 9.99. The first-order valence-electron chi connectivity index (χ1n) is 9.93. The molecule has 0 aliphatic carbocycles. The number of para-hydroxylation sites is 2. The molecule has 150 valence electrons. The summed E-state index contributed by atoms with van der Waals surface area (Å²) in [4.78, 5) is 13.9. The zero-order chi connectivity index (χ0) is 21.2. The molecular weight excluding hydrogens is 406 g/mol. The molecule has 5 rings (SSSR count). The van der Waals surface area contributed by atoms with Crippen LogP contribution < -0.4 is 4.74 Å². The Morgan fingerprint density at radius 1 is 0.774 bits per heavy atom. The van der Waals surface area contributed by atoms with Crippen molar-refractivity contribution in [3.8, 4) is 22.6 Å². The maximum Gasteiger partial charge on any atom is 0.214 e. The summed E-state index contributed by atoms with van der Waals surface area (Å²) in [7, 11) is 0. The topological polar surface area (TPSA) is 30.7 Å². The first-order valence-corrected chi connectivity index (χ1v) is 10.3. The predicted molar refractivity (Wildman–Crippen MR) is 124 cm³/mol. The van der Waals surface area contributed by atoms with Crippen LogP contribution in [-0.2, 0) is 0 Å². The number of hydrogen-bond donors (Lipinski definition) is 0. The Morgan fingerprint density at radius 3 is 2.29 bits per heavy atom. The third kappa shape index (κ3) is 3.72. The van der Waals surface area contributed by atoms with Gasteiger partial charge in [-0.25, -0.2) is 0 Å². The zero-order valence-electron chi connectivity index (χ0n) is 16.5. The normalized spacial score (nSPS) is 10.9. The number of ether oxygens (including phenoxy) is 1. The number of fused-ring (bicyclic) bond motifs is 1. The van der Waals surface area contributed by atoms with E-state index in [1.807, 2.05) is 108 Å². The van der Waals surface area contributed by atoms with Gasteiger partial charge < -0.3 is 9.14 Å². The number of hydrogen-bond acceptors (Lipinski definition) is 2. The molecule has 3 nitrogen and oxygen atoms in total. The van der Waals surface area contributed by atoms with Gasteiger partial charge in [-0.2, -0.15) is 0 Å². The summed E-state index contributed by atoms with van der Waals surface area (Å²) in [6, 6.07) is 32.2. The van der Waals surface area contributed by atoms with Gasteiger partial charge in [0.2, 0.25) is 5.78 Å². The van der Waals surface area contributed by atoms with Crippen LogP contribution in [0, 0.1) is 0 Å². The van der Waals surface area contributed by atoms with E-state index in [2.05, 4.69) is 0 Å². The van der Waals surface area contributed by atoms with Gasteiger partial charge in [0.1, 0.15) is 17.2 Å². The fraction of sp³-hybridized carbons (Fsp3) is 0. The quantitative estimate of drug-likeness (QED) is 0.278. The highest BCUT2D eigenvalue weighted by molar-refractivity contribution is 6.30. The first-order chi connectivity index (χ1) is 15.2. The van der Waals surface area contributed by atoms with Crippen LogP contribution in [0.5, 0.6) is 11.5 Å². The summed E-state index contributed by atoms with van der Waals surface area (Å²) < 4.78 is 7.98. The molecule has 0 spiro atoms. The molecule has 0 aliphatic heterocycles. The Bertz CT molecular complexity index is 1370. The van der Waals surface area contributed by atoms with Gasteiger partial charge in [-0.1, -0.05) is 60.1 Å². The lowest BCUT2D eigenvalue weighted by Crippen LogP contribution is -2.08. The minimum Gasteiger partial charge on any atom is -0.457 e. The van der Waals surface area contributed by atoms with Crippen molar-refractivity contribution in [2.24, 2.45) is 0 Å². The lowest BCUT2D eigenvalue weighted by Gasteiger charge is -2.12. The average Bonchev–Trinajstić information content (AvgIpc) is 3.20. The van der Waals surface area contributed by atoms with Crippen LogP contribution in [0.15, 0.2) is 109 Å². The summed E-state index contributed by atoms with van der Waals surface area (Å²) in [5.74, 6) is 1.09. The number of aromatic nitrogens is 1. The molecule has 2 heterocycles. The van der Waals surface area contributed by atoms with Crippen LogP contribution in [0.2, 0.25) is 5.02 Å². The fourth-order valence-electron chi connectivity index (χ4n) is 3.69. The summed E-state index contributed by atoms with van der Waals surface area (Å²) >= 11 is 6.09. The Kier molecular flexibility index (Phi) is 5.03. The van der Waals surface area contributed by atoms with Crippen molar-refractivity contribution < 1.29 is 9.53 Å². The van der Waals surface area contributed by atoms with E-state index < -0.39 is 0 Å².